The Morgan fingerprint density at radius 1 is 1.47 bits per heavy atom. The van der Waals surface area contributed by atoms with Gasteiger partial charge in [-0.1, -0.05) is 0 Å². The topological polar surface area (TPSA) is 66.0 Å². The van der Waals surface area contributed by atoms with Crippen LogP contribution in [0.5, 0.6) is 0 Å². The van der Waals surface area contributed by atoms with Crippen LogP contribution in [-0.4, -0.2) is 63.2 Å². The molecule has 0 aromatic heterocycles. The molecule has 6 heteroatoms. The summed E-state index contributed by atoms with van der Waals surface area (Å²) in [5, 5.41) is 6.50. The van der Waals surface area contributed by atoms with Crippen molar-refractivity contribution in [3.8, 4) is 0 Å². The van der Waals surface area contributed by atoms with Crippen LogP contribution < -0.4 is 10.6 Å². The fraction of sp³-hybridized carbons (Fsp3) is 0.846. The largest absolute Gasteiger partial charge is 0.381 e. The van der Waals surface area contributed by atoms with Gasteiger partial charge in [-0.2, -0.15) is 0 Å². The summed E-state index contributed by atoms with van der Waals surface area (Å²) in [7, 11) is 3.47. The molecule has 1 heterocycles. The monoisotopic (exact) mass is 270 g/mol. The van der Waals surface area contributed by atoms with Crippen LogP contribution in [0, 0.1) is 5.92 Å². The highest BCUT2D eigenvalue weighted by Gasteiger charge is 2.16. The molecule has 1 aliphatic rings. The lowest BCUT2D eigenvalue weighted by Gasteiger charge is -2.17. The molecule has 0 radical (unpaired) electrons. The van der Waals surface area contributed by atoms with Crippen molar-refractivity contribution in [1.29, 1.82) is 0 Å². The molecule has 1 saturated heterocycles. The maximum atomic E-state index is 11.5. The Morgan fingerprint density at radius 2 is 2.21 bits per heavy atom. The fourth-order valence-corrected chi connectivity index (χ4v) is 1.70. The van der Waals surface area contributed by atoms with Gasteiger partial charge in [-0.25, -0.2) is 4.99 Å². The van der Waals surface area contributed by atoms with Gasteiger partial charge in [0.2, 0.25) is 5.91 Å². The van der Waals surface area contributed by atoms with Gasteiger partial charge in [-0.05, 0) is 20.3 Å². The van der Waals surface area contributed by atoms with Gasteiger partial charge in [-0.15, -0.1) is 0 Å². The second-order valence-electron chi connectivity index (χ2n) is 5.36. The van der Waals surface area contributed by atoms with Gasteiger partial charge in [0.15, 0.2) is 5.96 Å². The lowest BCUT2D eigenvalue weighted by Crippen LogP contribution is -2.43. The first-order valence-corrected chi connectivity index (χ1v) is 6.81. The van der Waals surface area contributed by atoms with Crippen molar-refractivity contribution in [3.05, 3.63) is 0 Å². The summed E-state index contributed by atoms with van der Waals surface area (Å²) in [4.78, 5) is 17.4. The predicted octanol–water partition coefficient (Wildman–Crippen LogP) is 0.0547. The number of nitrogens with zero attached hydrogens (tertiary/aromatic N) is 2. The lowest BCUT2D eigenvalue weighted by molar-refractivity contribution is -0.127. The van der Waals surface area contributed by atoms with E-state index in [0.717, 1.165) is 26.2 Å². The van der Waals surface area contributed by atoms with E-state index in [1.165, 1.54) is 0 Å². The Kier molecular flexibility index (Phi) is 6.62. The Bertz CT molecular complexity index is 310. The smallest absolute Gasteiger partial charge is 0.243 e. The van der Waals surface area contributed by atoms with E-state index in [9.17, 15) is 4.79 Å². The van der Waals surface area contributed by atoms with Crippen LogP contribution in [0.4, 0.5) is 0 Å². The van der Waals surface area contributed by atoms with Crippen LogP contribution >= 0.6 is 0 Å². The van der Waals surface area contributed by atoms with Crippen LogP contribution in [0.1, 0.15) is 20.3 Å². The molecule has 110 valence electrons. The molecule has 1 aliphatic heterocycles. The lowest BCUT2D eigenvalue weighted by atomic mass is 10.1. The summed E-state index contributed by atoms with van der Waals surface area (Å²) in [6.07, 6.45) is 1.08. The average molecular weight is 270 g/mol. The summed E-state index contributed by atoms with van der Waals surface area (Å²) in [5.74, 6) is 1.22. The van der Waals surface area contributed by atoms with E-state index >= 15 is 0 Å². The average Bonchev–Trinajstić information content (AvgIpc) is 2.84. The Hall–Kier alpha value is -1.30. The van der Waals surface area contributed by atoms with Crippen LogP contribution in [-0.2, 0) is 9.53 Å². The first kappa shape index (κ1) is 15.8. The first-order valence-electron chi connectivity index (χ1n) is 6.81. The van der Waals surface area contributed by atoms with Gasteiger partial charge in [0.1, 0.15) is 6.54 Å². The zero-order chi connectivity index (χ0) is 14.3. The van der Waals surface area contributed by atoms with Crippen molar-refractivity contribution >= 4 is 11.9 Å². The highest BCUT2D eigenvalue weighted by Crippen LogP contribution is 2.10. The SMILES string of the molecule is CC(C)NC(=NCC(=O)N(C)C)NCC1CCOC1. The quantitative estimate of drug-likeness (QED) is 0.547. The number of ether oxygens (including phenoxy) is 1. The summed E-state index contributed by atoms with van der Waals surface area (Å²) < 4.78 is 5.34. The van der Waals surface area contributed by atoms with Crippen molar-refractivity contribution in [3.63, 3.8) is 0 Å². The van der Waals surface area contributed by atoms with Crippen LogP contribution in [0.15, 0.2) is 4.99 Å². The molecular formula is C13H26N4O2. The minimum Gasteiger partial charge on any atom is -0.381 e. The molecule has 1 atom stereocenters. The highest BCUT2D eigenvalue weighted by atomic mass is 16.5. The van der Waals surface area contributed by atoms with E-state index in [-0.39, 0.29) is 18.5 Å². The number of rotatable bonds is 5. The summed E-state index contributed by atoms with van der Waals surface area (Å²) in [5.41, 5.74) is 0. The number of hydrogen-bond donors (Lipinski definition) is 2. The number of likely N-dealkylation sites (N-methyl/N-ethyl adjacent to an activating group) is 1. The molecule has 1 unspecified atom stereocenters. The first-order chi connectivity index (χ1) is 8.99. The minimum atomic E-state index is -0.00550. The van der Waals surface area contributed by atoms with Gasteiger partial charge in [-0.3, -0.25) is 4.79 Å². The summed E-state index contributed by atoms with van der Waals surface area (Å²) in [6.45, 7) is 6.73. The van der Waals surface area contributed by atoms with E-state index in [2.05, 4.69) is 15.6 Å². The van der Waals surface area contributed by atoms with Gasteiger partial charge < -0.3 is 20.3 Å². The third kappa shape index (κ3) is 6.42. The second-order valence-corrected chi connectivity index (χ2v) is 5.36. The Balaban J connectivity index is 2.45. The molecule has 1 amide bonds. The van der Waals surface area contributed by atoms with E-state index < -0.39 is 0 Å². The molecule has 6 nitrogen and oxygen atoms in total. The molecule has 0 aliphatic carbocycles. The molecule has 1 rings (SSSR count). The van der Waals surface area contributed by atoms with E-state index in [1.54, 1.807) is 19.0 Å². The number of carbonyl (C=O) groups is 1. The number of carbonyl (C=O) groups excluding carboxylic acids is 1. The molecule has 0 aromatic rings. The molecule has 0 spiro atoms. The Morgan fingerprint density at radius 3 is 2.74 bits per heavy atom. The molecule has 2 N–H and O–H groups in total. The summed E-state index contributed by atoms with van der Waals surface area (Å²) in [6, 6.07) is 0.278. The van der Waals surface area contributed by atoms with Gasteiger partial charge in [0.05, 0.1) is 6.61 Å². The third-order valence-electron chi connectivity index (χ3n) is 2.88. The highest BCUT2D eigenvalue weighted by molar-refractivity contribution is 5.84. The molecule has 19 heavy (non-hydrogen) atoms. The Labute approximate surface area is 115 Å². The number of aliphatic imine (C=N–C) groups is 1. The number of nitrogens with one attached hydrogen (secondary N) is 2. The molecule has 0 bridgehead atoms. The third-order valence-corrected chi connectivity index (χ3v) is 2.88. The van der Waals surface area contributed by atoms with Crippen molar-refractivity contribution in [2.75, 3.05) is 40.4 Å². The number of guanidine groups is 1. The maximum Gasteiger partial charge on any atom is 0.243 e. The van der Waals surface area contributed by atoms with Crippen molar-refractivity contribution in [1.82, 2.24) is 15.5 Å². The number of hydrogen-bond acceptors (Lipinski definition) is 3. The van der Waals surface area contributed by atoms with Crippen LogP contribution in [0.25, 0.3) is 0 Å². The molecular weight excluding hydrogens is 244 g/mol. The predicted molar refractivity (Wildman–Crippen MR) is 76.2 cm³/mol. The van der Waals surface area contributed by atoms with E-state index in [4.69, 9.17) is 4.74 Å². The molecule has 0 saturated carbocycles. The standard InChI is InChI=1S/C13H26N4O2/c1-10(2)16-13(15-8-12(18)17(3)4)14-7-11-5-6-19-9-11/h10-11H,5-9H2,1-4H3,(H2,14,15,16). The second kappa shape index (κ2) is 7.99. The van der Waals surface area contributed by atoms with Crippen molar-refractivity contribution in [2.24, 2.45) is 10.9 Å². The fourth-order valence-electron chi connectivity index (χ4n) is 1.70. The van der Waals surface area contributed by atoms with Crippen LogP contribution in [0.2, 0.25) is 0 Å². The van der Waals surface area contributed by atoms with E-state index in [0.29, 0.717) is 11.9 Å². The number of amides is 1. The normalized spacial score (nSPS) is 19.6. The summed E-state index contributed by atoms with van der Waals surface area (Å²) >= 11 is 0. The van der Waals surface area contributed by atoms with Crippen molar-refractivity contribution in [2.45, 2.75) is 26.3 Å². The zero-order valence-corrected chi connectivity index (χ0v) is 12.4. The van der Waals surface area contributed by atoms with Gasteiger partial charge >= 0.3 is 0 Å². The van der Waals surface area contributed by atoms with E-state index in [1.807, 2.05) is 13.8 Å². The van der Waals surface area contributed by atoms with Crippen molar-refractivity contribution < 1.29 is 9.53 Å². The zero-order valence-electron chi connectivity index (χ0n) is 12.4. The van der Waals surface area contributed by atoms with Gasteiger partial charge in [0, 0.05) is 39.2 Å². The van der Waals surface area contributed by atoms with Gasteiger partial charge in [0.25, 0.3) is 0 Å². The maximum absolute atomic E-state index is 11.5. The molecule has 1 fully saturated rings. The molecule has 0 aromatic carbocycles. The van der Waals surface area contributed by atoms with Crippen LogP contribution in [0.3, 0.4) is 0 Å². The minimum absolute atomic E-state index is 0.00550.